The normalized spacial score (nSPS) is 13.5. The lowest BCUT2D eigenvalue weighted by molar-refractivity contribution is 0.490. The van der Waals surface area contributed by atoms with Crippen molar-refractivity contribution in [3.8, 4) is 11.1 Å². The van der Waals surface area contributed by atoms with Crippen LogP contribution in [0.25, 0.3) is 21.9 Å². The first kappa shape index (κ1) is 21.7. The first-order valence-corrected chi connectivity index (χ1v) is 12.7. The van der Waals surface area contributed by atoms with Crippen LogP contribution in [0.15, 0.2) is 109 Å². The summed E-state index contributed by atoms with van der Waals surface area (Å²) >= 11 is 0. The van der Waals surface area contributed by atoms with Crippen LogP contribution in [-0.2, 0) is 5.41 Å². The van der Waals surface area contributed by atoms with Crippen LogP contribution >= 0.6 is 0 Å². The third kappa shape index (κ3) is 3.38. The second-order valence-electron chi connectivity index (χ2n) is 9.77. The largest absolute Gasteiger partial charge is 0.310 e. The van der Waals surface area contributed by atoms with Crippen molar-refractivity contribution in [2.45, 2.75) is 39.0 Å². The molecule has 0 aromatic heterocycles. The van der Waals surface area contributed by atoms with Crippen LogP contribution in [0.2, 0.25) is 0 Å². The van der Waals surface area contributed by atoms with Crippen LogP contribution < -0.4 is 4.90 Å². The molecule has 6 rings (SSSR count). The summed E-state index contributed by atoms with van der Waals surface area (Å²) in [5, 5.41) is 2.52. The van der Waals surface area contributed by atoms with Gasteiger partial charge >= 0.3 is 0 Å². The molecule has 1 nitrogen and oxygen atoms in total. The Labute approximate surface area is 208 Å². The predicted octanol–water partition coefficient (Wildman–Crippen LogP) is 9.70. The van der Waals surface area contributed by atoms with E-state index in [-0.39, 0.29) is 5.41 Å². The Hall–Kier alpha value is -3.84. The van der Waals surface area contributed by atoms with Crippen LogP contribution in [0, 0.1) is 6.92 Å². The molecule has 0 fully saturated rings. The molecular formula is C34H31N. The van der Waals surface area contributed by atoms with Gasteiger partial charge in [0.05, 0.1) is 0 Å². The quantitative estimate of drug-likeness (QED) is 0.256. The van der Waals surface area contributed by atoms with Gasteiger partial charge in [0.25, 0.3) is 0 Å². The van der Waals surface area contributed by atoms with E-state index in [1.807, 2.05) is 0 Å². The fraction of sp³-hybridized carbons (Fsp3) is 0.176. The van der Waals surface area contributed by atoms with Crippen molar-refractivity contribution in [2.75, 3.05) is 4.90 Å². The van der Waals surface area contributed by atoms with Crippen LogP contribution in [0.5, 0.6) is 0 Å². The standard InChI is InChI=1S/C34H31N/c1-4-34(5-2)32-13-9-8-12-30(32)31-21-20-29(23-33(31)34)35(27-17-14-24(3)15-18-27)28-19-16-25-10-6-7-11-26(25)22-28/h6-23H,4-5H2,1-3H3. The lowest BCUT2D eigenvalue weighted by atomic mass is 9.74. The number of nitrogens with zero attached hydrogens (tertiary/aromatic N) is 1. The van der Waals surface area contributed by atoms with Crippen LogP contribution in [0.1, 0.15) is 43.4 Å². The second kappa shape index (κ2) is 8.43. The predicted molar refractivity (Wildman–Crippen MR) is 150 cm³/mol. The van der Waals surface area contributed by atoms with Crippen LogP contribution in [-0.4, -0.2) is 0 Å². The summed E-state index contributed by atoms with van der Waals surface area (Å²) in [6.07, 6.45) is 2.19. The van der Waals surface area contributed by atoms with E-state index in [0.29, 0.717) is 0 Å². The molecule has 0 atom stereocenters. The minimum Gasteiger partial charge on any atom is -0.310 e. The minimum atomic E-state index is 0.0598. The minimum absolute atomic E-state index is 0.0598. The zero-order valence-electron chi connectivity index (χ0n) is 20.8. The molecule has 35 heavy (non-hydrogen) atoms. The van der Waals surface area contributed by atoms with Gasteiger partial charge in [0, 0.05) is 22.5 Å². The van der Waals surface area contributed by atoms with Gasteiger partial charge in [-0.05, 0) is 89.2 Å². The van der Waals surface area contributed by atoms with Gasteiger partial charge in [0.1, 0.15) is 0 Å². The molecule has 0 unspecified atom stereocenters. The summed E-state index contributed by atoms with van der Waals surface area (Å²) in [5.41, 5.74) is 10.6. The molecule has 5 aromatic carbocycles. The number of anilines is 3. The van der Waals surface area contributed by atoms with E-state index >= 15 is 0 Å². The maximum Gasteiger partial charge on any atom is 0.0468 e. The van der Waals surface area contributed by atoms with Gasteiger partial charge in [-0.25, -0.2) is 0 Å². The maximum absolute atomic E-state index is 2.46. The Morgan fingerprint density at radius 3 is 1.91 bits per heavy atom. The third-order valence-electron chi connectivity index (χ3n) is 8.00. The van der Waals surface area contributed by atoms with Gasteiger partial charge in [-0.15, -0.1) is 0 Å². The zero-order valence-corrected chi connectivity index (χ0v) is 20.8. The van der Waals surface area contributed by atoms with Crippen molar-refractivity contribution in [1.82, 2.24) is 0 Å². The molecule has 0 aliphatic heterocycles. The molecule has 172 valence electrons. The highest BCUT2D eigenvalue weighted by atomic mass is 15.1. The summed E-state index contributed by atoms with van der Waals surface area (Å²) in [7, 11) is 0. The van der Waals surface area contributed by atoms with E-state index in [0.717, 1.165) is 12.8 Å². The number of benzene rings is 5. The summed E-state index contributed by atoms with van der Waals surface area (Å²) in [6.45, 7) is 6.82. The molecule has 0 saturated heterocycles. The first-order chi connectivity index (χ1) is 17.1. The Bertz CT molecular complexity index is 1520. The van der Waals surface area contributed by atoms with E-state index in [4.69, 9.17) is 0 Å². The number of aryl methyl sites for hydroxylation is 1. The monoisotopic (exact) mass is 453 g/mol. The van der Waals surface area contributed by atoms with E-state index in [1.54, 1.807) is 0 Å². The van der Waals surface area contributed by atoms with E-state index < -0.39 is 0 Å². The molecule has 0 spiro atoms. The third-order valence-corrected chi connectivity index (χ3v) is 8.00. The number of fused-ring (bicyclic) bond motifs is 4. The smallest absolute Gasteiger partial charge is 0.0468 e. The van der Waals surface area contributed by atoms with Gasteiger partial charge in [0.15, 0.2) is 0 Å². The highest BCUT2D eigenvalue weighted by Gasteiger charge is 2.40. The molecule has 0 N–H and O–H groups in total. The summed E-state index contributed by atoms with van der Waals surface area (Å²) in [4.78, 5) is 2.41. The Morgan fingerprint density at radius 2 is 1.14 bits per heavy atom. The molecular weight excluding hydrogens is 422 g/mol. The fourth-order valence-corrected chi connectivity index (χ4v) is 6.05. The molecule has 0 heterocycles. The summed E-state index contributed by atoms with van der Waals surface area (Å²) in [5.74, 6) is 0. The summed E-state index contributed by atoms with van der Waals surface area (Å²) < 4.78 is 0. The molecule has 0 saturated carbocycles. The average Bonchev–Trinajstić information content (AvgIpc) is 3.19. The van der Waals surface area contributed by atoms with Crippen molar-refractivity contribution in [3.63, 3.8) is 0 Å². The molecule has 1 aliphatic carbocycles. The van der Waals surface area contributed by atoms with Crippen molar-refractivity contribution < 1.29 is 0 Å². The van der Waals surface area contributed by atoms with E-state index in [2.05, 4.69) is 135 Å². The molecule has 1 aliphatic rings. The topological polar surface area (TPSA) is 3.24 Å². The van der Waals surface area contributed by atoms with Crippen molar-refractivity contribution in [2.24, 2.45) is 0 Å². The lowest BCUT2D eigenvalue weighted by Gasteiger charge is -2.31. The van der Waals surface area contributed by atoms with Crippen molar-refractivity contribution in [1.29, 1.82) is 0 Å². The first-order valence-electron chi connectivity index (χ1n) is 12.7. The lowest BCUT2D eigenvalue weighted by Crippen LogP contribution is -2.23. The molecule has 0 bridgehead atoms. The van der Waals surface area contributed by atoms with Crippen molar-refractivity contribution in [3.05, 3.63) is 126 Å². The Kier molecular flexibility index (Phi) is 5.22. The Morgan fingerprint density at radius 1 is 0.543 bits per heavy atom. The highest BCUT2D eigenvalue weighted by Crippen LogP contribution is 2.54. The Balaban J connectivity index is 1.57. The van der Waals surface area contributed by atoms with E-state index in [1.165, 1.54) is 55.7 Å². The van der Waals surface area contributed by atoms with Gasteiger partial charge in [-0.2, -0.15) is 0 Å². The van der Waals surface area contributed by atoms with Gasteiger partial charge < -0.3 is 4.90 Å². The van der Waals surface area contributed by atoms with E-state index in [9.17, 15) is 0 Å². The summed E-state index contributed by atoms with van der Waals surface area (Å²) in [6, 6.07) is 40.4. The van der Waals surface area contributed by atoms with Gasteiger partial charge in [0.2, 0.25) is 0 Å². The SMILES string of the molecule is CCC1(CC)c2ccccc2-c2ccc(N(c3ccc(C)cc3)c3ccc4ccccc4c3)cc21. The van der Waals surface area contributed by atoms with Crippen molar-refractivity contribution >= 4 is 27.8 Å². The average molecular weight is 454 g/mol. The molecule has 1 heteroatoms. The van der Waals surface area contributed by atoms with Gasteiger partial charge in [-0.3, -0.25) is 0 Å². The highest BCUT2D eigenvalue weighted by molar-refractivity contribution is 5.90. The number of rotatable bonds is 5. The maximum atomic E-state index is 2.46. The van der Waals surface area contributed by atoms with Crippen LogP contribution in [0.4, 0.5) is 17.1 Å². The van der Waals surface area contributed by atoms with Crippen LogP contribution in [0.3, 0.4) is 0 Å². The second-order valence-corrected chi connectivity index (χ2v) is 9.77. The fourth-order valence-electron chi connectivity index (χ4n) is 6.05. The molecule has 0 radical (unpaired) electrons. The molecule has 0 amide bonds. The number of hydrogen-bond donors (Lipinski definition) is 0. The zero-order chi connectivity index (χ0) is 24.0. The van der Waals surface area contributed by atoms with Gasteiger partial charge in [-0.1, -0.05) is 92.2 Å². The molecule has 5 aromatic rings. The number of hydrogen-bond acceptors (Lipinski definition) is 1.